The van der Waals surface area contributed by atoms with Gasteiger partial charge in [0.05, 0.1) is 18.6 Å². The number of ether oxygens (including phenoxy) is 1. The second kappa shape index (κ2) is 6.74. The van der Waals surface area contributed by atoms with Gasteiger partial charge in [0.2, 0.25) is 0 Å². The van der Waals surface area contributed by atoms with E-state index in [9.17, 15) is 9.59 Å². The van der Waals surface area contributed by atoms with Crippen molar-refractivity contribution in [2.75, 3.05) is 25.1 Å². The first-order valence-electron chi connectivity index (χ1n) is 6.49. The number of carboxylic acids is 1. The highest BCUT2D eigenvalue weighted by Crippen LogP contribution is 2.36. The Morgan fingerprint density at radius 3 is 2.45 bits per heavy atom. The molecule has 0 radical (unpaired) electrons. The molecular weight excluding hydrogens is 278 g/mol. The zero-order valence-electron chi connectivity index (χ0n) is 12.5. The van der Waals surface area contributed by atoms with Crippen LogP contribution in [-0.2, 0) is 9.53 Å². The number of aliphatic carboxylic acids is 1. The predicted molar refractivity (Wildman–Crippen MR) is 79.8 cm³/mol. The average molecular weight is 299 g/mol. The quantitative estimate of drug-likeness (QED) is 0.818. The number of carbonyl (C=O) groups is 2. The molecule has 1 N–H and O–H groups in total. The van der Waals surface area contributed by atoms with Crippen LogP contribution in [0.1, 0.15) is 34.6 Å². The average Bonchev–Trinajstić information content (AvgIpc) is 2.70. The van der Waals surface area contributed by atoms with Gasteiger partial charge in [-0.25, -0.2) is 4.79 Å². The molecule has 0 spiro atoms. The lowest BCUT2D eigenvalue weighted by atomic mass is 10.1. The minimum absolute atomic E-state index is 0.370. The van der Waals surface area contributed by atoms with Crippen LogP contribution in [0, 0.1) is 19.8 Å². The third-order valence-electron chi connectivity index (χ3n) is 3.34. The Morgan fingerprint density at radius 1 is 1.40 bits per heavy atom. The van der Waals surface area contributed by atoms with E-state index in [0.717, 1.165) is 15.4 Å². The van der Waals surface area contributed by atoms with Gasteiger partial charge >= 0.3 is 11.9 Å². The van der Waals surface area contributed by atoms with Gasteiger partial charge in [0.25, 0.3) is 0 Å². The maximum absolute atomic E-state index is 11.9. The monoisotopic (exact) mass is 299 g/mol. The lowest BCUT2D eigenvalue weighted by molar-refractivity contribution is -0.140. The molecule has 0 bridgehead atoms. The molecule has 1 heterocycles. The molecule has 0 aliphatic carbocycles. The van der Waals surface area contributed by atoms with Crippen LogP contribution in [0.15, 0.2) is 0 Å². The number of nitrogens with zero attached hydrogens (tertiary/aromatic N) is 1. The Morgan fingerprint density at radius 2 is 2.00 bits per heavy atom. The molecule has 0 fully saturated rings. The van der Waals surface area contributed by atoms with Crippen molar-refractivity contribution in [3.63, 3.8) is 0 Å². The van der Waals surface area contributed by atoms with Gasteiger partial charge in [0.1, 0.15) is 5.00 Å². The Kier molecular flexibility index (Phi) is 5.56. The highest BCUT2D eigenvalue weighted by Gasteiger charge is 2.25. The number of carbonyl (C=O) groups excluding carboxylic acids is 1. The van der Waals surface area contributed by atoms with E-state index in [1.165, 1.54) is 18.4 Å². The summed E-state index contributed by atoms with van der Waals surface area (Å²) in [5, 5.41) is 9.84. The van der Waals surface area contributed by atoms with Gasteiger partial charge < -0.3 is 14.7 Å². The fraction of sp³-hybridized carbons (Fsp3) is 0.571. The third kappa shape index (κ3) is 3.30. The van der Waals surface area contributed by atoms with E-state index in [-0.39, 0.29) is 5.97 Å². The van der Waals surface area contributed by atoms with Crippen molar-refractivity contribution in [3.05, 3.63) is 16.0 Å². The number of carboxylic acid groups (broad SMARTS) is 1. The standard InChI is InChI=1S/C14H21NO4S/c1-6-15(7-8(2)13(16)17)12-11(14(18)19-5)9(3)10(4)20-12/h8H,6-7H2,1-5H3,(H,16,17). The van der Waals surface area contributed by atoms with Crippen molar-refractivity contribution in [3.8, 4) is 0 Å². The van der Waals surface area contributed by atoms with Gasteiger partial charge in [-0.1, -0.05) is 6.92 Å². The predicted octanol–water partition coefficient (Wildman–Crippen LogP) is 2.70. The minimum Gasteiger partial charge on any atom is -0.481 e. The Hall–Kier alpha value is -1.56. The summed E-state index contributed by atoms with van der Waals surface area (Å²) in [7, 11) is 1.36. The second-order valence-corrected chi connectivity index (χ2v) is 5.94. The van der Waals surface area contributed by atoms with Gasteiger partial charge in [-0.05, 0) is 26.3 Å². The molecule has 0 aromatic carbocycles. The summed E-state index contributed by atoms with van der Waals surface area (Å²) >= 11 is 1.50. The number of hydrogen-bond acceptors (Lipinski definition) is 5. The fourth-order valence-corrected chi connectivity index (χ4v) is 3.15. The zero-order valence-corrected chi connectivity index (χ0v) is 13.3. The summed E-state index contributed by atoms with van der Waals surface area (Å²) < 4.78 is 4.84. The number of esters is 1. The van der Waals surface area contributed by atoms with Gasteiger partial charge in [0.15, 0.2) is 0 Å². The lowest BCUT2D eigenvalue weighted by Crippen LogP contribution is -2.32. The van der Waals surface area contributed by atoms with Crippen LogP contribution in [0.25, 0.3) is 0 Å². The van der Waals surface area contributed by atoms with Crippen LogP contribution in [-0.4, -0.2) is 37.2 Å². The van der Waals surface area contributed by atoms with Crippen LogP contribution < -0.4 is 4.90 Å². The second-order valence-electron chi connectivity index (χ2n) is 4.73. The molecule has 1 atom stereocenters. The van der Waals surface area contributed by atoms with Crippen LogP contribution >= 0.6 is 11.3 Å². The zero-order chi connectivity index (χ0) is 15.4. The Balaban J connectivity index is 3.18. The first kappa shape index (κ1) is 16.5. The molecule has 1 rings (SSSR count). The van der Waals surface area contributed by atoms with Crippen molar-refractivity contribution in [2.24, 2.45) is 5.92 Å². The number of anilines is 1. The normalized spacial score (nSPS) is 12.1. The lowest BCUT2D eigenvalue weighted by Gasteiger charge is -2.24. The van der Waals surface area contributed by atoms with Gasteiger partial charge in [0, 0.05) is 18.0 Å². The van der Waals surface area contributed by atoms with E-state index >= 15 is 0 Å². The molecular formula is C14H21NO4S. The van der Waals surface area contributed by atoms with Crippen molar-refractivity contribution in [1.82, 2.24) is 0 Å². The van der Waals surface area contributed by atoms with E-state index < -0.39 is 11.9 Å². The molecule has 0 saturated carbocycles. The highest BCUT2D eigenvalue weighted by atomic mass is 32.1. The summed E-state index contributed by atoms with van der Waals surface area (Å²) in [6.07, 6.45) is 0. The number of rotatable bonds is 6. The minimum atomic E-state index is -0.840. The molecule has 20 heavy (non-hydrogen) atoms. The van der Waals surface area contributed by atoms with E-state index in [1.54, 1.807) is 6.92 Å². The van der Waals surface area contributed by atoms with E-state index in [0.29, 0.717) is 18.7 Å². The Labute approximate surface area is 123 Å². The smallest absolute Gasteiger partial charge is 0.341 e. The molecule has 0 amide bonds. The third-order valence-corrected chi connectivity index (χ3v) is 4.61. The topological polar surface area (TPSA) is 66.8 Å². The van der Waals surface area contributed by atoms with Crippen LogP contribution in [0.3, 0.4) is 0 Å². The first-order valence-corrected chi connectivity index (χ1v) is 7.31. The summed E-state index contributed by atoms with van der Waals surface area (Å²) in [5.41, 5.74) is 1.45. The molecule has 112 valence electrons. The maximum Gasteiger partial charge on any atom is 0.341 e. The molecule has 0 saturated heterocycles. The summed E-state index contributed by atoms with van der Waals surface area (Å²) in [5.74, 6) is -1.71. The molecule has 5 nitrogen and oxygen atoms in total. The summed E-state index contributed by atoms with van der Waals surface area (Å²) in [6, 6.07) is 0. The van der Waals surface area contributed by atoms with Crippen molar-refractivity contribution < 1.29 is 19.4 Å². The molecule has 0 aliphatic rings. The Bertz CT molecular complexity index is 510. The van der Waals surface area contributed by atoms with Crippen LogP contribution in [0.5, 0.6) is 0 Å². The van der Waals surface area contributed by atoms with E-state index in [1.807, 2.05) is 25.7 Å². The molecule has 1 aromatic heterocycles. The molecule has 1 aromatic rings. The first-order chi connectivity index (χ1) is 9.33. The maximum atomic E-state index is 11.9. The van der Waals surface area contributed by atoms with Gasteiger partial charge in [-0.2, -0.15) is 0 Å². The fourth-order valence-electron chi connectivity index (χ4n) is 1.94. The summed E-state index contributed by atoms with van der Waals surface area (Å²) in [4.78, 5) is 25.9. The van der Waals surface area contributed by atoms with Crippen LogP contribution in [0.2, 0.25) is 0 Å². The van der Waals surface area contributed by atoms with Crippen molar-refractivity contribution >= 4 is 28.3 Å². The van der Waals surface area contributed by atoms with Gasteiger partial charge in [-0.15, -0.1) is 11.3 Å². The van der Waals surface area contributed by atoms with Gasteiger partial charge in [-0.3, -0.25) is 4.79 Å². The van der Waals surface area contributed by atoms with Crippen molar-refractivity contribution in [1.29, 1.82) is 0 Å². The van der Waals surface area contributed by atoms with E-state index in [2.05, 4.69) is 0 Å². The summed E-state index contributed by atoms with van der Waals surface area (Å²) in [6.45, 7) is 8.45. The highest BCUT2D eigenvalue weighted by molar-refractivity contribution is 7.16. The molecule has 1 unspecified atom stereocenters. The van der Waals surface area contributed by atoms with E-state index in [4.69, 9.17) is 9.84 Å². The molecule has 6 heteroatoms. The largest absolute Gasteiger partial charge is 0.481 e. The number of thiophene rings is 1. The van der Waals surface area contributed by atoms with Crippen LogP contribution in [0.4, 0.5) is 5.00 Å². The molecule has 0 aliphatic heterocycles. The van der Waals surface area contributed by atoms with Crippen molar-refractivity contribution in [2.45, 2.75) is 27.7 Å². The number of methoxy groups -OCH3 is 1. The number of aryl methyl sites for hydroxylation is 1. The number of hydrogen-bond donors (Lipinski definition) is 1. The SMILES string of the molecule is CCN(CC(C)C(=O)O)c1sc(C)c(C)c1C(=O)OC.